The first kappa shape index (κ1) is 24.5. The number of anilines is 2. The van der Waals surface area contributed by atoms with E-state index in [2.05, 4.69) is 55.1 Å². The number of pyridine rings is 2. The molecule has 7 heteroatoms. The van der Waals surface area contributed by atoms with Crippen molar-refractivity contribution in [2.45, 2.75) is 39.5 Å². The summed E-state index contributed by atoms with van der Waals surface area (Å²) in [5.74, 6) is 0.288. The van der Waals surface area contributed by atoms with E-state index < -0.39 is 6.03 Å². The molecule has 0 unspecified atom stereocenters. The lowest BCUT2D eigenvalue weighted by molar-refractivity contribution is 0.258. The Morgan fingerprint density at radius 3 is 2.29 bits per heavy atom. The Kier molecular flexibility index (Phi) is 6.94. The largest absolute Gasteiger partial charge is 0.326 e. The number of aromatic nitrogens is 2. The number of amides is 2. The van der Waals surface area contributed by atoms with Gasteiger partial charge in [0.15, 0.2) is 0 Å². The maximum atomic E-state index is 13.4. The second-order valence-electron chi connectivity index (χ2n) is 9.23. The number of carbonyl (C=O) groups is 1. The Balaban J connectivity index is 1.76. The summed E-state index contributed by atoms with van der Waals surface area (Å²) in [5, 5.41) is 4.52. The average molecular weight is 489 g/mol. The van der Waals surface area contributed by atoms with E-state index in [4.69, 9.17) is 11.6 Å². The van der Waals surface area contributed by atoms with Gasteiger partial charge in [-0.1, -0.05) is 57.5 Å². The quantitative estimate of drug-likeness (QED) is 0.313. The number of carbonyl (C=O) groups excluding carboxylic acids is 1. The molecule has 2 aromatic heterocycles. The van der Waals surface area contributed by atoms with E-state index in [0.717, 1.165) is 33.3 Å². The van der Waals surface area contributed by atoms with Crippen LogP contribution in [0.1, 0.15) is 50.7 Å². The van der Waals surface area contributed by atoms with Gasteiger partial charge in [0.05, 0.1) is 0 Å². The topological polar surface area (TPSA) is 78.1 Å². The van der Waals surface area contributed by atoms with Gasteiger partial charge >= 0.3 is 6.03 Å². The van der Waals surface area contributed by atoms with Crippen molar-refractivity contribution in [1.29, 1.82) is 0 Å². The monoisotopic (exact) mass is 488 g/mol. The number of rotatable bonds is 5. The van der Waals surface area contributed by atoms with Crippen molar-refractivity contribution in [1.82, 2.24) is 9.97 Å². The van der Waals surface area contributed by atoms with E-state index in [0.29, 0.717) is 10.7 Å². The summed E-state index contributed by atoms with van der Waals surface area (Å²) in [5.41, 5.74) is 5.07. The van der Waals surface area contributed by atoms with Gasteiger partial charge in [-0.05, 0) is 64.9 Å². The van der Waals surface area contributed by atoms with E-state index in [1.165, 1.54) is 4.90 Å². The number of aromatic amines is 1. The van der Waals surface area contributed by atoms with Crippen molar-refractivity contribution in [3.63, 3.8) is 0 Å². The van der Waals surface area contributed by atoms with Crippen LogP contribution in [0.4, 0.5) is 16.2 Å². The zero-order chi connectivity index (χ0) is 25.3. The minimum Gasteiger partial charge on any atom is -0.307 e. The molecule has 6 nitrogen and oxygen atoms in total. The van der Waals surface area contributed by atoms with Crippen LogP contribution in [-0.4, -0.2) is 23.0 Å². The lowest BCUT2D eigenvalue weighted by Crippen LogP contribution is -2.35. The van der Waals surface area contributed by atoms with Crippen molar-refractivity contribution >= 4 is 40.0 Å². The van der Waals surface area contributed by atoms with E-state index in [-0.39, 0.29) is 23.1 Å². The van der Waals surface area contributed by atoms with Crippen LogP contribution < -0.4 is 15.8 Å². The van der Waals surface area contributed by atoms with Crippen LogP contribution in [0.3, 0.4) is 0 Å². The first-order valence-corrected chi connectivity index (χ1v) is 12.0. The zero-order valence-electron chi connectivity index (χ0n) is 20.5. The maximum absolute atomic E-state index is 13.4. The van der Waals surface area contributed by atoms with E-state index in [1.807, 2.05) is 30.3 Å². The minimum absolute atomic E-state index is 0.144. The molecule has 2 heterocycles. The van der Waals surface area contributed by atoms with Gasteiger partial charge in [0, 0.05) is 34.9 Å². The number of nitrogens with zero attached hydrogens (tertiary/aromatic N) is 2. The van der Waals surface area contributed by atoms with Gasteiger partial charge in [-0.15, -0.1) is 0 Å². The van der Waals surface area contributed by atoms with Gasteiger partial charge in [-0.25, -0.2) is 9.78 Å². The van der Waals surface area contributed by atoms with E-state index in [9.17, 15) is 9.59 Å². The molecule has 0 saturated carbocycles. The number of nitrogens with one attached hydrogen (secondary N) is 2. The standard InChI is InChI=1S/C28H29ClN4O2/c1-16(2)21-13-19(20-10-6-7-11-23(20)29)14-22(17(3)4)25(21)31-28(35)33(5)24-15-18-9-8-12-30-26(18)32-27(24)34/h6-17H,1-5H3,(H,31,35)(H,30,32,34). The second-order valence-corrected chi connectivity index (χ2v) is 9.64. The van der Waals surface area contributed by atoms with Crippen LogP contribution in [0.15, 0.2) is 65.6 Å². The van der Waals surface area contributed by atoms with Crippen LogP contribution >= 0.6 is 11.6 Å². The molecule has 180 valence electrons. The Morgan fingerprint density at radius 1 is 1.00 bits per heavy atom. The number of benzene rings is 2. The molecule has 4 aromatic rings. The molecular weight excluding hydrogens is 460 g/mol. The maximum Gasteiger partial charge on any atom is 0.326 e. The van der Waals surface area contributed by atoms with Crippen LogP contribution in [0.25, 0.3) is 22.2 Å². The van der Waals surface area contributed by atoms with Gasteiger partial charge < -0.3 is 10.3 Å². The predicted molar refractivity (Wildman–Crippen MR) is 145 cm³/mol. The number of fused-ring (bicyclic) bond motifs is 1. The summed E-state index contributed by atoms with van der Waals surface area (Å²) in [6, 6.07) is 16.8. The van der Waals surface area contributed by atoms with Crippen LogP contribution in [0.2, 0.25) is 5.02 Å². The Labute approximate surface area is 210 Å². The molecule has 0 bridgehead atoms. The fourth-order valence-corrected chi connectivity index (χ4v) is 4.41. The number of H-pyrrole nitrogens is 1. The Morgan fingerprint density at radius 2 is 1.66 bits per heavy atom. The van der Waals surface area contributed by atoms with Crippen molar-refractivity contribution in [2.75, 3.05) is 17.3 Å². The van der Waals surface area contributed by atoms with Crippen LogP contribution in [0.5, 0.6) is 0 Å². The van der Waals surface area contributed by atoms with Gasteiger partial charge in [0.1, 0.15) is 11.3 Å². The van der Waals surface area contributed by atoms with Gasteiger partial charge in [-0.3, -0.25) is 9.69 Å². The molecule has 0 radical (unpaired) electrons. The summed E-state index contributed by atoms with van der Waals surface area (Å²) in [4.78, 5) is 34.3. The Bertz CT molecular complexity index is 1430. The molecule has 2 amide bonds. The highest BCUT2D eigenvalue weighted by Crippen LogP contribution is 2.39. The molecule has 0 aliphatic rings. The van der Waals surface area contributed by atoms with Gasteiger partial charge in [-0.2, -0.15) is 0 Å². The first-order valence-electron chi connectivity index (χ1n) is 11.6. The van der Waals surface area contributed by atoms with Gasteiger partial charge in [0.2, 0.25) is 0 Å². The first-order chi connectivity index (χ1) is 16.7. The predicted octanol–water partition coefficient (Wildman–Crippen LogP) is 7.16. The van der Waals surface area contributed by atoms with Crippen LogP contribution in [-0.2, 0) is 0 Å². The minimum atomic E-state index is -0.395. The lowest BCUT2D eigenvalue weighted by atomic mass is 9.88. The number of hydrogen-bond acceptors (Lipinski definition) is 3. The fraction of sp³-hybridized carbons (Fsp3) is 0.250. The number of hydrogen-bond donors (Lipinski definition) is 2. The molecule has 2 N–H and O–H groups in total. The third kappa shape index (κ3) is 4.93. The Hall–Kier alpha value is -3.64. The summed E-state index contributed by atoms with van der Waals surface area (Å²) in [6.45, 7) is 8.37. The fourth-order valence-electron chi connectivity index (χ4n) is 4.17. The van der Waals surface area contributed by atoms with Crippen molar-refractivity contribution < 1.29 is 4.79 Å². The highest BCUT2D eigenvalue weighted by Gasteiger charge is 2.22. The van der Waals surface area contributed by atoms with Crippen LogP contribution in [0, 0.1) is 0 Å². The molecule has 2 aromatic carbocycles. The second kappa shape index (κ2) is 9.92. The number of urea groups is 1. The highest BCUT2D eigenvalue weighted by atomic mass is 35.5. The molecular formula is C28H29ClN4O2. The average Bonchev–Trinajstić information content (AvgIpc) is 2.83. The summed E-state index contributed by atoms with van der Waals surface area (Å²) in [7, 11) is 1.59. The molecule has 0 saturated heterocycles. The molecule has 0 aliphatic heterocycles. The smallest absolute Gasteiger partial charge is 0.307 e. The number of halogens is 1. The van der Waals surface area contributed by atoms with Crippen molar-refractivity contribution in [3.05, 3.63) is 87.3 Å². The molecule has 0 aliphatic carbocycles. The third-order valence-electron chi connectivity index (χ3n) is 6.12. The lowest BCUT2D eigenvalue weighted by Gasteiger charge is -2.25. The van der Waals surface area contributed by atoms with Crippen molar-refractivity contribution in [2.24, 2.45) is 0 Å². The SMILES string of the molecule is CC(C)c1cc(-c2ccccc2Cl)cc(C(C)C)c1NC(=O)N(C)c1cc2cccnc2[nH]c1=O. The molecule has 0 fully saturated rings. The van der Waals surface area contributed by atoms with Gasteiger partial charge in [0.25, 0.3) is 5.56 Å². The normalized spacial score (nSPS) is 11.3. The molecule has 4 rings (SSSR count). The molecule has 0 spiro atoms. The van der Waals surface area contributed by atoms with Crippen molar-refractivity contribution in [3.8, 4) is 11.1 Å². The zero-order valence-corrected chi connectivity index (χ0v) is 21.3. The summed E-state index contributed by atoms with van der Waals surface area (Å²) >= 11 is 6.50. The highest BCUT2D eigenvalue weighted by molar-refractivity contribution is 6.33. The summed E-state index contributed by atoms with van der Waals surface area (Å²) in [6.07, 6.45) is 1.61. The van der Waals surface area contributed by atoms with E-state index in [1.54, 1.807) is 25.4 Å². The third-order valence-corrected chi connectivity index (χ3v) is 6.45. The molecule has 35 heavy (non-hydrogen) atoms. The molecule has 0 atom stereocenters. The van der Waals surface area contributed by atoms with E-state index >= 15 is 0 Å². The summed E-state index contributed by atoms with van der Waals surface area (Å²) < 4.78 is 0.